The van der Waals surface area contributed by atoms with E-state index in [0.29, 0.717) is 22.5 Å². The zero-order valence-electron chi connectivity index (χ0n) is 11.3. The Morgan fingerprint density at radius 1 is 1.38 bits per heavy atom. The number of rotatable bonds is 7. The summed E-state index contributed by atoms with van der Waals surface area (Å²) in [5.41, 5.74) is 2.35. The molecule has 0 saturated carbocycles. The average molecular weight is 391 g/mol. The Labute approximate surface area is 136 Å². The molecular weight excluding hydrogens is 376 g/mol. The van der Waals surface area contributed by atoms with Crippen molar-refractivity contribution in [3.8, 4) is 0 Å². The molecule has 2 aromatic heterocycles. The summed E-state index contributed by atoms with van der Waals surface area (Å²) in [7, 11) is -3.66. The normalized spacial score (nSPS) is 11.5. The van der Waals surface area contributed by atoms with Gasteiger partial charge in [-0.1, -0.05) is 6.92 Å². The molecule has 0 saturated heterocycles. The molecule has 0 aliphatic rings. The maximum atomic E-state index is 12.4. The lowest BCUT2D eigenvalue weighted by Gasteiger charge is -2.12. The van der Waals surface area contributed by atoms with E-state index < -0.39 is 10.0 Å². The van der Waals surface area contributed by atoms with Crippen LogP contribution in [0.3, 0.4) is 0 Å². The second kappa shape index (κ2) is 7.30. The third-order valence-electron chi connectivity index (χ3n) is 2.58. The molecule has 0 spiro atoms. The number of sulfonamides is 1. The van der Waals surface area contributed by atoms with Crippen LogP contribution in [0.25, 0.3) is 0 Å². The topological polar surface area (TPSA) is 84.0 Å². The van der Waals surface area contributed by atoms with Crippen LogP contribution in [0, 0.1) is 0 Å². The number of halogens is 1. The number of thiazole rings is 1. The molecule has 6 nitrogen and oxygen atoms in total. The van der Waals surface area contributed by atoms with Gasteiger partial charge >= 0.3 is 0 Å². The number of aromatic nitrogens is 2. The molecule has 0 radical (unpaired) electrons. The van der Waals surface area contributed by atoms with Gasteiger partial charge in [0.05, 0.1) is 17.7 Å². The summed E-state index contributed by atoms with van der Waals surface area (Å²) in [6, 6.07) is 1.54. The SMILES string of the molecule is CCCNc1ncc(Br)cc1S(=O)(=O)NCc1cscn1. The molecule has 2 heterocycles. The summed E-state index contributed by atoms with van der Waals surface area (Å²) >= 11 is 4.68. The fraction of sp³-hybridized carbons (Fsp3) is 0.333. The van der Waals surface area contributed by atoms with Gasteiger partial charge in [0.15, 0.2) is 0 Å². The number of hydrogen-bond donors (Lipinski definition) is 2. The van der Waals surface area contributed by atoms with Crippen LogP contribution in [-0.4, -0.2) is 24.9 Å². The molecule has 0 aromatic carbocycles. The van der Waals surface area contributed by atoms with E-state index in [4.69, 9.17) is 0 Å². The zero-order chi connectivity index (χ0) is 15.3. The average Bonchev–Trinajstić information content (AvgIpc) is 2.97. The molecule has 0 aliphatic heterocycles. The van der Waals surface area contributed by atoms with Crippen molar-refractivity contribution < 1.29 is 8.42 Å². The van der Waals surface area contributed by atoms with E-state index in [2.05, 4.69) is 35.9 Å². The summed E-state index contributed by atoms with van der Waals surface area (Å²) < 4.78 is 28.0. The molecule has 2 aromatic rings. The van der Waals surface area contributed by atoms with Gasteiger partial charge in [-0.25, -0.2) is 23.1 Å². The minimum Gasteiger partial charge on any atom is -0.369 e. The van der Waals surface area contributed by atoms with Gasteiger partial charge in [0, 0.05) is 22.6 Å². The van der Waals surface area contributed by atoms with Gasteiger partial charge in [-0.2, -0.15) is 0 Å². The highest BCUT2D eigenvalue weighted by Crippen LogP contribution is 2.23. The van der Waals surface area contributed by atoms with Crippen molar-refractivity contribution in [3.63, 3.8) is 0 Å². The Bertz CT molecular complexity index is 689. The predicted molar refractivity (Wildman–Crippen MR) is 86.9 cm³/mol. The first-order valence-corrected chi connectivity index (χ1v) is 9.51. The molecule has 0 amide bonds. The number of pyridine rings is 1. The lowest BCUT2D eigenvalue weighted by molar-refractivity contribution is 0.580. The Morgan fingerprint density at radius 3 is 2.86 bits per heavy atom. The molecule has 114 valence electrons. The summed E-state index contributed by atoms with van der Waals surface area (Å²) in [5, 5.41) is 4.83. The molecule has 0 atom stereocenters. The van der Waals surface area contributed by atoms with Crippen LogP contribution >= 0.6 is 27.3 Å². The van der Waals surface area contributed by atoms with E-state index in [1.165, 1.54) is 17.4 Å². The summed E-state index contributed by atoms with van der Waals surface area (Å²) in [5.74, 6) is 0.353. The second-order valence-corrected chi connectivity index (χ2v) is 7.60. The number of nitrogens with zero attached hydrogens (tertiary/aromatic N) is 2. The largest absolute Gasteiger partial charge is 0.369 e. The monoisotopic (exact) mass is 390 g/mol. The molecule has 0 fully saturated rings. The van der Waals surface area contributed by atoms with Crippen LogP contribution in [-0.2, 0) is 16.6 Å². The van der Waals surface area contributed by atoms with E-state index in [1.807, 2.05) is 6.92 Å². The standard InChI is InChI=1S/C12H15BrN4O2S2/c1-2-3-14-12-11(4-9(13)5-15-12)21(18,19)17-6-10-7-20-8-16-10/h4-5,7-8,17H,2-3,6H2,1H3,(H,14,15). The maximum absolute atomic E-state index is 12.4. The molecular formula is C12H15BrN4O2S2. The Kier molecular flexibility index (Phi) is 5.68. The van der Waals surface area contributed by atoms with Crippen LogP contribution in [0.1, 0.15) is 19.0 Å². The maximum Gasteiger partial charge on any atom is 0.244 e. The van der Waals surface area contributed by atoms with E-state index in [1.54, 1.807) is 17.1 Å². The summed E-state index contributed by atoms with van der Waals surface area (Å²) in [4.78, 5) is 8.32. The Hall–Kier alpha value is -1.03. The van der Waals surface area contributed by atoms with E-state index >= 15 is 0 Å². The molecule has 0 aliphatic carbocycles. The minimum atomic E-state index is -3.66. The second-order valence-electron chi connectivity index (χ2n) is 4.23. The number of hydrogen-bond acceptors (Lipinski definition) is 6. The predicted octanol–water partition coefficient (Wildman–Crippen LogP) is 2.60. The van der Waals surface area contributed by atoms with Gasteiger partial charge < -0.3 is 5.32 Å². The fourth-order valence-corrected chi connectivity index (χ4v) is 3.77. The highest BCUT2D eigenvalue weighted by Gasteiger charge is 2.20. The van der Waals surface area contributed by atoms with Crippen LogP contribution in [0.2, 0.25) is 0 Å². The number of nitrogens with one attached hydrogen (secondary N) is 2. The lowest BCUT2D eigenvalue weighted by Crippen LogP contribution is -2.25. The van der Waals surface area contributed by atoms with Crippen molar-refractivity contribution in [2.75, 3.05) is 11.9 Å². The zero-order valence-corrected chi connectivity index (χ0v) is 14.6. The first-order valence-electron chi connectivity index (χ1n) is 6.29. The van der Waals surface area contributed by atoms with Crippen molar-refractivity contribution >= 4 is 43.1 Å². The smallest absolute Gasteiger partial charge is 0.244 e. The highest BCUT2D eigenvalue weighted by molar-refractivity contribution is 9.10. The highest BCUT2D eigenvalue weighted by atomic mass is 79.9. The first-order chi connectivity index (χ1) is 10.0. The van der Waals surface area contributed by atoms with Crippen molar-refractivity contribution in [3.05, 3.63) is 33.3 Å². The van der Waals surface area contributed by atoms with Gasteiger partial charge in [-0.05, 0) is 28.4 Å². The van der Waals surface area contributed by atoms with Crippen LogP contribution in [0.4, 0.5) is 5.82 Å². The molecule has 0 bridgehead atoms. The van der Waals surface area contributed by atoms with Crippen molar-refractivity contribution in [2.24, 2.45) is 0 Å². The third-order valence-corrected chi connectivity index (χ3v) is 5.06. The quantitative estimate of drug-likeness (QED) is 0.758. The van der Waals surface area contributed by atoms with Crippen molar-refractivity contribution in [1.82, 2.24) is 14.7 Å². The first kappa shape index (κ1) is 16.3. The Balaban J connectivity index is 2.23. The molecule has 2 rings (SSSR count). The van der Waals surface area contributed by atoms with E-state index in [-0.39, 0.29) is 11.4 Å². The minimum absolute atomic E-state index is 0.126. The van der Waals surface area contributed by atoms with Crippen molar-refractivity contribution in [2.45, 2.75) is 24.8 Å². The Morgan fingerprint density at radius 2 is 2.19 bits per heavy atom. The van der Waals surface area contributed by atoms with Gasteiger partial charge in [0.1, 0.15) is 10.7 Å². The van der Waals surface area contributed by atoms with Gasteiger partial charge in [-0.3, -0.25) is 0 Å². The summed E-state index contributed by atoms with van der Waals surface area (Å²) in [6.45, 7) is 2.81. The number of anilines is 1. The van der Waals surface area contributed by atoms with Crippen LogP contribution in [0.5, 0.6) is 0 Å². The third kappa shape index (κ3) is 4.47. The van der Waals surface area contributed by atoms with Crippen LogP contribution in [0.15, 0.2) is 32.5 Å². The van der Waals surface area contributed by atoms with Gasteiger partial charge in [0.2, 0.25) is 10.0 Å². The summed E-state index contributed by atoms with van der Waals surface area (Å²) in [6.07, 6.45) is 2.45. The van der Waals surface area contributed by atoms with Gasteiger partial charge in [-0.15, -0.1) is 11.3 Å². The van der Waals surface area contributed by atoms with Crippen molar-refractivity contribution in [1.29, 1.82) is 0 Å². The van der Waals surface area contributed by atoms with E-state index in [0.717, 1.165) is 6.42 Å². The van der Waals surface area contributed by atoms with Crippen LogP contribution < -0.4 is 10.0 Å². The molecule has 0 unspecified atom stereocenters. The lowest BCUT2D eigenvalue weighted by atomic mass is 10.4. The molecule has 9 heteroatoms. The molecule has 21 heavy (non-hydrogen) atoms. The fourth-order valence-electron chi connectivity index (χ4n) is 1.57. The molecule has 2 N–H and O–H groups in total. The van der Waals surface area contributed by atoms with E-state index in [9.17, 15) is 8.42 Å². The van der Waals surface area contributed by atoms with Gasteiger partial charge in [0.25, 0.3) is 0 Å².